The summed E-state index contributed by atoms with van der Waals surface area (Å²) in [7, 11) is 1.88. The Hall–Kier alpha value is -0.790. The smallest absolute Gasteiger partial charge is 0.193 e. The SMILES string of the molecule is CN=C(NCCCn1nc(C)cc1C)N1CCC(C)CC1.I. The Morgan fingerprint density at radius 2 is 2.05 bits per heavy atom. The highest BCUT2D eigenvalue weighted by molar-refractivity contribution is 14.0. The van der Waals surface area contributed by atoms with Crippen LogP contribution in [0, 0.1) is 19.8 Å². The summed E-state index contributed by atoms with van der Waals surface area (Å²) in [6.07, 6.45) is 3.60. The molecule has 0 aliphatic carbocycles. The first-order valence-corrected chi connectivity index (χ1v) is 8.07. The largest absolute Gasteiger partial charge is 0.356 e. The third-order valence-electron chi connectivity index (χ3n) is 4.23. The van der Waals surface area contributed by atoms with Crippen LogP contribution in [-0.4, -0.2) is 47.3 Å². The lowest BCUT2D eigenvalue weighted by molar-refractivity contribution is 0.273. The molecule has 0 unspecified atom stereocenters. The Kier molecular flexibility index (Phi) is 8.20. The lowest BCUT2D eigenvalue weighted by atomic mass is 10.00. The molecular formula is C16H30IN5. The highest BCUT2D eigenvalue weighted by Crippen LogP contribution is 2.15. The number of guanidine groups is 1. The van der Waals surface area contributed by atoms with Crippen LogP contribution in [0.15, 0.2) is 11.1 Å². The molecule has 22 heavy (non-hydrogen) atoms. The number of piperidine rings is 1. The van der Waals surface area contributed by atoms with Crippen LogP contribution in [0.1, 0.15) is 37.6 Å². The van der Waals surface area contributed by atoms with Crippen LogP contribution in [0.25, 0.3) is 0 Å². The molecule has 2 heterocycles. The van der Waals surface area contributed by atoms with E-state index in [0.29, 0.717) is 0 Å². The number of aliphatic imine (C=N–C) groups is 1. The van der Waals surface area contributed by atoms with Crippen LogP contribution in [0.4, 0.5) is 0 Å². The summed E-state index contributed by atoms with van der Waals surface area (Å²) in [5, 5.41) is 7.98. The predicted molar refractivity (Wildman–Crippen MR) is 103 cm³/mol. The molecule has 1 aliphatic heterocycles. The molecule has 1 N–H and O–H groups in total. The predicted octanol–water partition coefficient (Wildman–Crippen LogP) is 2.82. The van der Waals surface area contributed by atoms with E-state index in [-0.39, 0.29) is 24.0 Å². The Bertz CT molecular complexity index is 475. The number of aryl methyl sites for hydroxylation is 3. The topological polar surface area (TPSA) is 45.5 Å². The van der Waals surface area contributed by atoms with E-state index in [4.69, 9.17) is 0 Å². The van der Waals surface area contributed by atoms with Crippen molar-refractivity contribution >= 4 is 29.9 Å². The van der Waals surface area contributed by atoms with Crippen LogP contribution in [-0.2, 0) is 6.54 Å². The van der Waals surface area contributed by atoms with Gasteiger partial charge in [-0.1, -0.05) is 6.92 Å². The van der Waals surface area contributed by atoms with Gasteiger partial charge in [0.25, 0.3) is 0 Å². The second-order valence-corrected chi connectivity index (χ2v) is 6.15. The third-order valence-corrected chi connectivity index (χ3v) is 4.23. The van der Waals surface area contributed by atoms with Gasteiger partial charge in [-0.25, -0.2) is 0 Å². The summed E-state index contributed by atoms with van der Waals surface area (Å²) < 4.78 is 2.09. The average Bonchev–Trinajstić information content (AvgIpc) is 2.78. The minimum Gasteiger partial charge on any atom is -0.356 e. The Balaban J connectivity index is 0.00000242. The number of rotatable bonds is 4. The first-order valence-electron chi connectivity index (χ1n) is 8.07. The molecule has 1 aromatic rings. The molecule has 6 heteroatoms. The summed E-state index contributed by atoms with van der Waals surface area (Å²) in [5.74, 6) is 1.90. The van der Waals surface area contributed by atoms with Crippen LogP contribution in [0.3, 0.4) is 0 Å². The van der Waals surface area contributed by atoms with Gasteiger partial charge in [0.15, 0.2) is 5.96 Å². The molecule has 0 saturated carbocycles. The van der Waals surface area contributed by atoms with Crippen molar-refractivity contribution in [2.24, 2.45) is 10.9 Å². The van der Waals surface area contributed by atoms with Crippen molar-refractivity contribution in [2.45, 2.75) is 46.6 Å². The van der Waals surface area contributed by atoms with E-state index >= 15 is 0 Å². The van der Waals surface area contributed by atoms with Crippen LogP contribution in [0.5, 0.6) is 0 Å². The molecule has 1 saturated heterocycles. The van der Waals surface area contributed by atoms with E-state index in [1.807, 2.05) is 14.0 Å². The van der Waals surface area contributed by atoms with Gasteiger partial charge in [0.2, 0.25) is 0 Å². The molecule has 1 aliphatic rings. The minimum atomic E-state index is 0. The van der Waals surface area contributed by atoms with Gasteiger partial charge in [0.1, 0.15) is 0 Å². The number of halogens is 1. The van der Waals surface area contributed by atoms with Crippen LogP contribution in [0.2, 0.25) is 0 Å². The lowest BCUT2D eigenvalue weighted by Crippen LogP contribution is -2.45. The summed E-state index contributed by atoms with van der Waals surface area (Å²) in [5.41, 5.74) is 2.33. The fourth-order valence-corrected chi connectivity index (χ4v) is 2.88. The van der Waals surface area contributed by atoms with E-state index in [1.54, 1.807) is 0 Å². The van der Waals surface area contributed by atoms with Gasteiger partial charge >= 0.3 is 0 Å². The second-order valence-electron chi connectivity index (χ2n) is 6.15. The number of hydrogen-bond acceptors (Lipinski definition) is 2. The third kappa shape index (κ3) is 5.44. The molecule has 0 spiro atoms. The van der Waals surface area contributed by atoms with Crippen LogP contribution < -0.4 is 5.32 Å². The standard InChI is InChI=1S/C16H29N5.HI/c1-13-6-10-20(11-7-13)16(17-4)18-8-5-9-21-15(3)12-14(2)19-21;/h12-13H,5-11H2,1-4H3,(H,17,18);1H. The summed E-state index contributed by atoms with van der Waals surface area (Å²) >= 11 is 0. The number of aromatic nitrogens is 2. The van der Waals surface area contributed by atoms with Gasteiger partial charge < -0.3 is 10.2 Å². The monoisotopic (exact) mass is 419 g/mol. The number of nitrogens with zero attached hydrogens (tertiary/aromatic N) is 4. The molecule has 1 aromatic heterocycles. The fraction of sp³-hybridized carbons (Fsp3) is 0.750. The normalized spacial score (nSPS) is 16.5. The molecule has 0 atom stereocenters. The van der Waals surface area contributed by atoms with Crippen LogP contribution >= 0.6 is 24.0 Å². The first-order chi connectivity index (χ1) is 10.1. The molecule has 0 bridgehead atoms. The summed E-state index contributed by atoms with van der Waals surface area (Å²) in [6, 6.07) is 2.13. The van der Waals surface area contributed by atoms with Crippen molar-refractivity contribution in [3.8, 4) is 0 Å². The maximum Gasteiger partial charge on any atom is 0.193 e. The van der Waals surface area contributed by atoms with Crippen molar-refractivity contribution < 1.29 is 0 Å². The minimum absolute atomic E-state index is 0. The Morgan fingerprint density at radius 1 is 1.36 bits per heavy atom. The molecule has 1 fully saturated rings. The molecule has 2 rings (SSSR count). The molecule has 0 aromatic carbocycles. The first kappa shape index (κ1) is 19.3. The number of nitrogens with one attached hydrogen (secondary N) is 1. The van der Waals surface area contributed by atoms with E-state index < -0.39 is 0 Å². The van der Waals surface area contributed by atoms with Crippen molar-refractivity contribution in [2.75, 3.05) is 26.7 Å². The van der Waals surface area contributed by atoms with Gasteiger partial charge in [-0.15, -0.1) is 24.0 Å². The zero-order chi connectivity index (χ0) is 15.2. The van der Waals surface area contributed by atoms with Crippen molar-refractivity contribution in [1.29, 1.82) is 0 Å². The van der Waals surface area contributed by atoms with E-state index in [1.165, 1.54) is 18.5 Å². The number of likely N-dealkylation sites (tertiary alicyclic amines) is 1. The van der Waals surface area contributed by atoms with Crippen molar-refractivity contribution in [3.05, 3.63) is 17.5 Å². The molecule has 0 amide bonds. The van der Waals surface area contributed by atoms with Gasteiger partial charge in [0.05, 0.1) is 5.69 Å². The van der Waals surface area contributed by atoms with E-state index in [0.717, 1.165) is 50.2 Å². The fourth-order valence-electron chi connectivity index (χ4n) is 2.88. The molecular weight excluding hydrogens is 389 g/mol. The Labute approximate surface area is 151 Å². The van der Waals surface area contributed by atoms with E-state index in [2.05, 4.69) is 44.9 Å². The zero-order valence-corrected chi connectivity index (χ0v) is 16.6. The highest BCUT2D eigenvalue weighted by atomic mass is 127. The van der Waals surface area contributed by atoms with Crippen molar-refractivity contribution in [1.82, 2.24) is 20.0 Å². The summed E-state index contributed by atoms with van der Waals surface area (Å²) in [6.45, 7) is 10.6. The highest BCUT2D eigenvalue weighted by Gasteiger charge is 2.18. The van der Waals surface area contributed by atoms with Gasteiger partial charge in [0, 0.05) is 38.9 Å². The molecule has 5 nitrogen and oxygen atoms in total. The maximum atomic E-state index is 4.49. The van der Waals surface area contributed by atoms with E-state index in [9.17, 15) is 0 Å². The van der Waals surface area contributed by atoms with Crippen molar-refractivity contribution in [3.63, 3.8) is 0 Å². The quantitative estimate of drug-likeness (QED) is 0.353. The lowest BCUT2D eigenvalue weighted by Gasteiger charge is -2.32. The van der Waals surface area contributed by atoms with Gasteiger partial charge in [-0.2, -0.15) is 5.10 Å². The second kappa shape index (κ2) is 9.37. The molecule has 0 radical (unpaired) electrons. The summed E-state index contributed by atoms with van der Waals surface area (Å²) in [4.78, 5) is 6.79. The maximum absolute atomic E-state index is 4.49. The van der Waals surface area contributed by atoms with Gasteiger partial charge in [-0.3, -0.25) is 9.67 Å². The zero-order valence-electron chi connectivity index (χ0n) is 14.3. The Morgan fingerprint density at radius 3 is 2.59 bits per heavy atom. The molecule has 126 valence electrons. The number of hydrogen-bond donors (Lipinski definition) is 1. The van der Waals surface area contributed by atoms with Gasteiger partial charge in [-0.05, 0) is 45.1 Å². The average molecular weight is 419 g/mol.